The van der Waals surface area contributed by atoms with Gasteiger partial charge in [0.15, 0.2) is 5.82 Å². The van der Waals surface area contributed by atoms with E-state index in [1.165, 1.54) is 22.4 Å². The zero-order chi connectivity index (χ0) is 21.9. The number of benzene rings is 2. The van der Waals surface area contributed by atoms with E-state index in [2.05, 4.69) is 9.82 Å². The number of aromatic nitrogens is 3. The molecule has 0 bridgehead atoms. The van der Waals surface area contributed by atoms with Crippen LogP contribution in [0.25, 0.3) is 11.4 Å². The van der Waals surface area contributed by atoms with Gasteiger partial charge in [0, 0.05) is 19.2 Å². The second-order valence-corrected chi connectivity index (χ2v) is 8.40. The molecule has 160 valence electrons. The molecular weight excluding hydrogens is 408 g/mol. The first kappa shape index (κ1) is 21.6. The summed E-state index contributed by atoms with van der Waals surface area (Å²) in [5, 5.41) is 4.34. The summed E-state index contributed by atoms with van der Waals surface area (Å²) in [5.74, 6) is 1.43. The minimum absolute atomic E-state index is 0.00159. The lowest BCUT2D eigenvalue weighted by atomic mass is 10.2. The summed E-state index contributed by atoms with van der Waals surface area (Å²) < 4.78 is 40.8. The van der Waals surface area contributed by atoms with Crippen LogP contribution in [0.15, 0.2) is 52.2 Å². The molecular formula is C20H24N4O5S. The fraction of sp³-hybridized carbons (Fsp3) is 0.300. The van der Waals surface area contributed by atoms with Gasteiger partial charge in [-0.05, 0) is 48.9 Å². The van der Waals surface area contributed by atoms with Crippen LogP contribution < -0.4 is 19.9 Å². The topological polar surface area (TPSA) is 104 Å². The van der Waals surface area contributed by atoms with Crippen molar-refractivity contribution in [1.29, 1.82) is 0 Å². The third-order valence-electron chi connectivity index (χ3n) is 4.61. The summed E-state index contributed by atoms with van der Waals surface area (Å²) in [6, 6.07) is 12.1. The molecule has 3 rings (SSSR count). The highest BCUT2D eigenvalue weighted by atomic mass is 32.2. The molecule has 10 heteroatoms. The van der Waals surface area contributed by atoms with E-state index in [9.17, 15) is 13.2 Å². The van der Waals surface area contributed by atoms with Crippen molar-refractivity contribution in [1.82, 2.24) is 19.1 Å². The molecule has 0 amide bonds. The molecule has 30 heavy (non-hydrogen) atoms. The van der Waals surface area contributed by atoms with Gasteiger partial charge in [-0.25, -0.2) is 22.6 Å². The average Bonchev–Trinajstić information content (AvgIpc) is 3.02. The Bertz CT molecular complexity index is 1200. The van der Waals surface area contributed by atoms with Crippen molar-refractivity contribution in [2.24, 2.45) is 7.05 Å². The lowest BCUT2D eigenvalue weighted by molar-refractivity contribution is 0.402. The molecule has 0 radical (unpaired) electrons. The highest BCUT2D eigenvalue weighted by Gasteiger charge is 2.20. The highest BCUT2D eigenvalue weighted by molar-refractivity contribution is 7.89. The second kappa shape index (κ2) is 8.72. The zero-order valence-electron chi connectivity index (χ0n) is 17.2. The second-order valence-electron chi connectivity index (χ2n) is 6.67. The number of nitrogens with zero attached hydrogens (tertiary/aromatic N) is 3. The van der Waals surface area contributed by atoms with Crippen molar-refractivity contribution >= 4 is 10.0 Å². The number of aryl methyl sites for hydroxylation is 1. The van der Waals surface area contributed by atoms with Crippen LogP contribution >= 0.6 is 0 Å². The molecule has 1 heterocycles. The van der Waals surface area contributed by atoms with Gasteiger partial charge in [-0.2, -0.15) is 0 Å². The van der Waals surface area contributed by atoms with Crippen LogP contribution in [0, 0.1) is 6.92 Å². The minimum atomic E-state index is -3.81. The molecule has 0 spiro atoms. The normalized spacial score (nSPS) is 11.5. The van der Waals surface area contributed by atoms with Crippen molar-refractivity contribution in [3.8, 4) is 22.9 Å². The third-order valence-corrected chi connectivity index (χ3v) is 6.10. The zero-order valence-corrected chi connectivity index (χ0v) is 18.1. The molecule has 0 fully saturated rings. The maximum atomic E-state index is 12.7. The molecule has 0 unspecified atom stereocenters. The standard InChI is InChI=1S/C20H24N4O5S/c1-14-5-10-17(29-4)18(13-14)30(26,27)21-11-12-24-20(25)23(2)19(22-24)15-6-8-16(28-3)9-7-15/h5-10,13,21H,11-12H2,1-4H3. The first-order chi connectivity index (χ1) is 14.3. The van der Waals surface area contributed by atoms with Gasteiger partial charge in [0.2, 0.25) is 10.0 Å². The first-order valence-electron chi connectivity index (χ1n) is 9.19. The summed E-state index contributed by atoms with van der Waals surface area (Å²) in [6.07, 6.45) is 0. The monoisotopic (exact) mass is 432 g/mol. The van der Waals surface area contributed by atoms with Crippen molar-refractivity contribution in [2.75, 3.05) is 20.8 Å². The van der Waals surface area contributed by atoms with Gasteiger partial charge in [0.05, 0.1) is 20.8 Å². The maximum Gasteiger partial charge on any atom is 0.345 e. The fourth-order valence-corrected chi connectivity index (χ4v) is 4.26. The van der Waals surface area contributed by atoms with Crippen LogP contribution in [0.3, 0.4) is 0 Å². The van der Waals surface area contributed by atoms with Crippen LogP contribution in [-0.4, -0.2) is 43.5 Å². The molecule has 2 aromatic carbocycles. The van der Waals surface area contributed by atoms with E-state index < -0.39 is 10.0 Å². The number of hydrogen-bond donors (Lipinski definition) is 1. The van der Waals surface area contributed by atoms with Gasteiger partial charge < -0.3 is 9.47 Å². The van der Waals surface area contributed by atoms with Crippen molar-refractivity contribution in [2.45, 2.75) is 18.4 Å². The SMILES string of the molecule is COc1ccc(-c2nn(CCNS(=O)(=O)c3cc(C)ccc3OC)c(=O)n2C)cc1. The molecule has 9 nitrogen and oxygen atoms in total. The van der Waals surface area contributed by atoms with E-state index in [0.717, 1.165) is 11.1 Å². The van der Waals surface area contributed by atoms with E-state index in [-0.39, 0.29) is 29.4 Å². The van der Waals surface area contributed by atoms with Gasteiger partial charge >= 0.3 is 5.69 Å². The molecule has 3 aromatic rings. The number of nitrogens with one attached hydrogen (secondary N) is 1. The van der Waals surface area contributed by atoms with Crippen LogP contribution in [0.5, 0.6) is 11.5 Å². The molecule has 0 saturated heterocycles. The number of hydrogen-bond acceptors (Lipinski definition) is 6. The van der Waals surface area contributed by atoms with Crippen molar-refractivity contribution in [3.05, 3.63) is 58.5 Å². The Kier molecular flexibility index (Phi) is 6.28. The summed E-state index contributed by atoms with van der Waals surface area (Å²) >= 11 is 0. The molecule has 0 aliphatic heterocycles. The number of methoxy groups -OCH3 is 2. The molecule has 1 aromatic heterocycles. The Balaban J connectivity index is 1.76. The summed E-state index contributed by atoms with van der Waals surface area (Å²) in [7, 11) is 0.798. The maximum absolute atomic E-state index is 12.7. The smallest absolute Gasteiger partial charge is 0.345 e. The third kappa shape index (κ3) is 4.39. The van der Waals surface area contributed by atoms with Gasteiger partial charge in [0.1, 0.15) is 16.4 Å². The Morgan fingerprint density at radius 1 is 1.07 bits per heavy atom. The molecule has 0 saturated carbocycles. The first-order valence-corrected chi connectivity index (χ1v) is 10.7. The Morgan fingerprint density at radius 3 is 2.40 bits per heavy atom. The molecule has 0 aliphatic carbocycles. The molecule has 0 atom stereocenters. The molecule has 1 N–H and O–H groups in total. The van der Waals surface area contributed by atoms with Gasteiger partial charge in [0.25, 0.3) is 0 Å². The predicted octanol–water partition coefficient (Wildman–Crippen LogP) is 1.55. The summed E-state index contributed by atoms with van der Waals surface area (Å²) in [4.78, 5) is 12.6. The van der Waals surface area contributed by atoms with Gasteiger partial charge in [-0.3, -0.25) is 4.57 Å². The Hall–Kier alpha value is -3.11. The largest absolute Gasteiger partial charge is 0.497 e. The number of ether oxygens (including phenoxy) is 2. The quantitative estimate of drug-likeness (QED) is 0.579. The number of sulfonamides is 1. The molecule has 0 aliphatic rings. The number of rotatable bonds is 8. The van der Waals surface area contributed by atoms with Gasteiger partial charge in [-0.15, -0.1) is 5.10 Å². The predicted molar refractivity (Wildman–Crippen MR) is 112 cm³/mol. The fourth-order valence-electron chi connectivity index (χ4n) is 2.98. The Labute approximate surface area is 174 Å². The van der Waals surface area contributed by atoms with E-state index in [4.69, 9.17) is 9.47 Å². The van der Waals surface area contributed by atoms with E-state index >= 15 is 0 Å². The van der Waals surface area contributed by atoms with Gasteiger partial charge in [-0.1, -0.05) is 6.07 Å². The Morgan fingerprint density at radius 2 is 1.77 bits per heavy atom. The van der Waals surface area contributed by atoms with Crippen LogP contribution in [0.1, 0.15) is 5.56 Å². The lowest BCUT2D eigenvalue weighted by Crippen LogP contribution is -2.32. The minimum Gasteiger partial charge on any atom is -0.497 e. The van der Waals surface area contributed by atoms with Crippen LogP contribution in [0.4, 0.5) is 0 Å². The van der Waals surface area contributed by atoms with Crippen LogP contribution in [0.2, 0.25) is 0 Å². The van der Waals surface area contributed by atoms with E-state index in [1.54, 1.807) is 57.5 Å². The lowest BCUT2D eigenvalue weighted by Gasteiger charge is -2.11. The van der Waals surface area contributed by atoms with E-state index in [0.29, 0.717) is 11.6 Å². The average molecular weight is 433 g/mol. The highest BCUT2D eigenvalue weighted by Crippen LogP contribution is 2.24. The summed E-state index contributed by atoms with van der Waals surface area (Å²) in [6.45, 7) is 1.88. The van der Waals surface area contributed by atoms with Crippen LogP contribution in [-0.2, 0) is 23.6 Å². The summed E-state index contributed by atoms with van der Waals surface area (Å²) in [5.41, 5.74) is 1.20. The van der Waals surface area contributed by atoms with Crippen molar-refractivity contribution < 1.29 is 17.9 Å². The van der Waals surface area contributed by atoms with E-state index in [1.807, 2.05) is 0 Å². The van der Waals surface area contributed by atoms with Crippen molar-refractivity contribution in [3.63, 3.8) is 0 Å².